The number of benzene rings is 1. The van der Waals surface area contributed by atoms with Gasteiger partial charge in [0.15, 0.2) is 0 Å². The van der Waals surface area contributed by atoms with Crippen molar-refractivity contribution in [3.05, 3.63) is 58.3 Å². The molecule has 1 N–H and O–H groups in total. The second kappa shape index (κ2) is 6.69. The lowest BCUT2D eigenvalue weighted by Crippen LogP contribution is -2.08. The van der Waals surface area contributed by atoms with Crippen LogP contribution in [0.2, 0.25) is 0 Å². The molecule has 0 spiro atoms. The van der Waals surface area contributed by atoms with Crippen LogP contribution in [0.5, 0.6) is 0 Å². The first-order chi connectivity index (χ1) is 12.3. The number of pyridine rings is 1. The zero-order chi connectivity index (χ0) is 17.2. The number of nitrogens with zero attached hydrogens (tertiary/aromatic N) is 4. The highest BCUT2D eigenvalue weighted by Crippen LogP contribution is 2.34. The molecule has 0 amide bonds. The van der Waals surface area contributed by atoms with Crippen molar-refractivity contribution in [2.45, 2.75) is 19.3 Å². The highest BCUT2D eigenvalue weighted by molar-refractivity contribution is 9.10. The average Bonchev–Trinajstić information content (AvgIpc) is 2.82. The molecule has 1 aliphatic rings. The van der Waals surface area contributed by atoms with Gasteiger partial charge in [-0.2, -0.15) is 10.4 Å². The van der Waals surface area contributed by atoms with Crippen molar-refractivity contribution in [2.24, 2.45) is 0 Å². The summed E-state index contributed by atoms with van der Waals surface area (Å²) in [5, 5.41) is 17.8. The van der Waals surface area contributed by atoms with Crippen LogP contribution >= 0.6 is 15.9 Å². The number of aromatic nitrogens is 3. The number of fused-ring (bicyclic) bond motifs is 1. The van der Waals surface area contributed by atoms with Gasteiger partial charge in [-0.1, -0.05) is 12.1 Å². The molecular formula is C19H16BrN5. The summed E-state index contributed by atoms with van der Waals surface area (Å²) < 4.78 is 2.79. The van der Waals surface area contributed by atoms with Crippen LogP contribution in [0, 0.1) is 11.3 Å². The minimum atomic E-state index is 0.609. The number of anilines is 1. The molecular weight excluding hydrogens is 378 g/mol. The van der Waals surface area contributed by atoms with E-state index in [0.29, 0.717) is 5.56 Å². The number of hydrogen-bond donors (Lipinski definition) is 1. The largest absolute Gasteiger partial charge is 0.370 e. The third-order valence-corrected chi connectivity index (χ3v) is 4.79. The Kier molecular flexibility index (Phi) is 4.24. The maximum Gasteiger partial charge on any atom is 0.133 e. The molecule has 0 saturated carbocycles. The van der Waals surface area contributed by atoms with Crippen LogP contribution in [0.4, 0.5) is 5.82 Å². The zero-order valence-electron chi connectivity index (χ0n) is 13.5. The normalized spacial score (nSPS) is 13.4. The van der Waals surface area contributed by atoms with Crippen molar-refractivity contribution in [3.8, 4) is 23.0 Å². The first-order valence-electron chi connectivity index (χ1n) is 8.24. The summed E-state index contributed by atoms with van der Waals surface area (Å²) in [5.74, 6) is 0.982. The molecule has 5 nitrogen and oxygen atoms in total. The van der Waals surface area contributed by atoms with Crippen LogP contribution in [0.3, 0.4) is 0 Å². The summed E-state index contributed by atoms with van der Waals surface area (Å²) >= 11 is 3.49. The van der Waals surface area contributed by atoms with Crippen LogP contribution in [0.1, 0.15) is 24.0 Å². The molecule has 4 rings (SSSR count). The van der Waals surface area contributed by atoms with Crippen LogP contribution in [0.15, 0.2) is 47.2 Å². The van der Waals surface area contributed by atoms with Crippen molar-refractivity contribution in [1.29, 1.82) is 5.26 Å². The average molecular weight is 394 g/mol. The molecule has 0 bridgehead atoms. The Morgan fingerprint density at radius 2 is 2.08 bits per heavy atom. The van der Waals surface area contributed by atoms with Crippen LogP contribution < -0.4 is 5.32 Å². The number of nitrogens with one attached hydrogen (secondary N) is 1. The van der Waals surface area contributed by atoms with Gasteiger partial charge in [0.05, 0.1) is 16.9 Å². The van der Waals surface area contributed by atoms with Crippen molar-refractivity contribution in [2.75, 3.05) is 11.9 Å². The summed E-state index contributed by atoms with van der Waals surface area (Å²) in [6.07, 6.45) is 6.78. The molecule has 3 heterocycles. The van der Waals surface area contributed by atoms with Crippen LogP contribution in [-0.4, -0.2) is 21.3 Å². The van der Waals surface area contributed by atoms with Gasteiger partial charge < -0.3 is 5.32 Å². The lowest BCUT2D eigenvalue weighted by molar-refractivity contribution is 0.780. The van der Waals surface area contributed by atoms with Gasteiger partial charge in [0, 0.05) is 34.5 Å². The molecule has 0 radical (unpaired) electrons. The molecule has 2 aromatic heterocycles. The standard InChI is InChI=1S/C19H16BrN5/c20-15-9-14(11-22-12-15)18-16-6-3-4-8-23-19(16)25(24-18)17-7-2-1-5-13(17)10-21/h1-2,5,7,9,11-12,23H,3-4,6,8H2. The minimum Gasteiger partial charge on any atom is -0.370 e. The molecule has 3 aromatic rings. The van der Waals surface area contributed by atoms with Crippen LogP contribution in [-0.2, 0) is 6.42 Å². The van der Waals surface area contributed by atoms with E-state index in [0.717, 1.165) is 53.0 Å². The summed E-state index contributed by atoms with van der Waals surface area (Å²) in [6, 6.07) is 11.9. The smallest absolute Gasteiger partial charge is 0.133 e. The molecule has 0 fully saturated rings. The quantitative estimate of drug-likeness (QED) is 0.703. The summed E-state index contributed by atoms with van der Waals surface area (Å²) in [5.41, 5.74) is 4.49. The van der Waals surface area contributed by atoms with Gasteiger partial charge in [-0.05, 0) is 53.4 Å². The van der Waals surface area contributed by atoms with E-state index in [1.54, 1.807) is 6.20 Å². The molecule has 1 aliphatic heterocycles. The van der Waals surface area contributed by atoms with Gasteiger partial charge in [-0.15, -0.1) is 0 Å². The molecule has 0 unspecified atom stereocenters. The van der Waals surface area contributed by atoms with Gasteiger partial charge in [-0.25, -0.2) is 4.68 Å². The summed E-state index contributed by atoms with van der Waals surface area (Å²) in [6.45, 7) is 0.906. The molecule has 1 aromatic carbocycles. The Hall–Kier alpha value is -2.65. The number of halogens is 1. The van der Waals surface area contributed by atoms with Gasteiger partial charge in [0.2, 0.25) is 0 Å². The van der Waals surface area contributed by atoms with E-state index in [4.69, 9.17) is 5.10 Å². The van der Waals surface area contributed by atoms with E-state index in [1.165, 1.54) is 5.56 Å². The third kappa shape index (κ3) is 2.92. The Bertz CT molecular complexity index is 970. The van der Waals surface area contributed by atoms with Gasteiger partial charge in [-0.3, -0.25) is 4.98 Å². The molecule has 0 saturated heterocycles. The van der Waals surface area contributed by atoms with Gasteiger partial charge in [0.25, 0.3) is 0 Å². The predicted octanol–water partition coefficient (Wildman–Crippen LogP) is 4.32. The van der Waals surface area contributed by atoms with Crippen molar-refractivity contribution >= 4 is 21.7 Å². The Morgan fingerprint density at radius 1 is 1.20 bits per heavy atom. The SMILES string of the molecule is N#Cc1ccccc1-n1nc(-c2cncc(Br)c2)c2c1NCCCC2. The van der Waals surface area contributed by atoms with Crippen molar-refractivity contribution in [3.63, 3.8) is 0 Å². The molecule has 0 aliphatic carbocycles. The first kappa shape index (κ1) is 15.9. The maximum atomic E-state index is 9.47. The van der Waals surface area contributed by atoms with E-state index < -0.39 is 0 Å². The maximum absolute atomic E-state index is 9.47. The number of rotatable bonds is 2. The Balaban J connectivity index is 1.96. The fourth-order valence-corrected chi connectivity index (χ4v) is 3.57. The fraction of sp³-hybridized carbons (Fsp3) is 0.211. The van der Waals surface area contributed by atoms with Crippen molar-refractivity contribution < 1.29 is 0 Å². The zero-order valence-corrected chi connectivity index (χ0v) is 15.1. The Morgan fingerprint density at radius 3 is 2.92 bits per heavy atom. The van der Waals surface area contributed by atoms with Crippen LogP contribution in [0.25, 0.3) is 16.9 Å². The topological polar surface area (TPSA) is 66.5 Å². The first-order valence-corrected chi connectivity index (χ1v) is 9.03. The lowest BCUT2D eigenvalue weighted by Gasteiger charge is -2.10. The monoisotopic (exact) mass is 393 g/mol. The van der Waals surface area contributed by atoms with Crippen molar-refractivity contribution in [1.82, 2.24) is 14.8 Å². The summed E-state index contributed by atoms with van der Waals surface area (Å²) in [7, 11) is 0. The highest BCUT2D eigenvalue weighted by Gasteiger charge is 2.23. The lowest BCUT2D eigenvalue weighted by atomic mass is 10.1. The molecule has 0 atom stereocenters. The van der Waals surface area contributed by atoms with E-state index >= 15 is 0 Å². The molecule has 124 valence electrons. The number of nitriles is 1. The van der Waals surface area contributed by atoms with Gasteiger partial charge in [0.1, 0.15) is 11.9 Å². The highest BCUT2D eigenvalue weighted by atomic mass is 79.9. The number of hydrogen-bond acceptors (Lipinski definition) is 4. The second-order valence-electron chi connectivity index (χ2n) is 5.99. The van der Waals surface area contributed by atoms with E-state index in [-0.39, 0.29) is 0 Å². The summed E-state index contributed by atoms with van der Waals surface area (Å²) in [4.78, 5) is 4.28. The number of para-hydroxylation sites is 1. The third-order valence-electron chi connectivity index (χ3n) is 4.36. The fourth-order valence-electron chi connectivity index (χ4n) is 3.20. The molecule has 25 heavy (non-hydrogen) atoms. The van der Waals surface area contributed by atoms with E-state index in [9.17, 15) is 5.26 Å². The van der Waals surface area contributed by atoms with Gasteiger partial charge >= 0.3 is 0 Å². The van der Waals surface area contributed by atoms with E-state index in [1.807, 2.05) is 41.2 Å². The second-order valence-corrected chi connectivity index (χ2v) is 6.91. The predicted molar refractivity (Wildman–Crippen MR) is 101 cm³/mol. The van der Waals surface area contributed by atoms with E-state index in [2.05, 4.69) is 32.3 Å². The minimum absolute atomic E-state index is 0.609. The Labute approximate surface area is 154 Å². The molecule has 6 heteroatoms.